The molecule has 0 saturated heterocycles. The maximum atomic E-state index is 14.1. The standard InChI is InChI=1S/C26H26F2N4O3/c1-16(2)26(27,28)15-35-25-22(21-8-6-5-7-17(21)3)11-19(14-31-25)13-30-24(34)20-9-10-29-23(12-20)32-18(4)33/h5-12,14H,1,13,15H2,2-4H3,(H,30,34)(H,29,32,33). The average Bonchev–Trinajstić information content (AvgIpc) is 2.81. The second kappa shape index (κ2) is 10.9. The van der Waals surface area contributed by atoms with E-state index in [0.29, 0.717) is 16.7 Å². The normalized spacial score (nSPS) is 11.0. The van der Waals surface area contributed by atoms with Gasteiger partial charge in [-0.1, -0.05) is 30.8 Å². The lowest BCUT2D eigenvalue weighted by Crippen LogP contribution is -2.27. The lowest BCUT2D eigenvalue weighted by Gasteiger charge is -2.19. The molecule has 2 heterocycles. The molecule has 3 rings (SSSR count). The van der Waals surface area contributed by atoms with E-state index in [1.807, 2.05) is 31.2 Å². The Labute approximate surface area is 202 Å². The van der Waals surface area contributed by atoms with Gasteiger partial charge in [-0.2, -0.15) is 8.78 Å². The Kier molecular flexibility index (Phi) is 7.91. The molecular weight excluding hydrogens is 454 g/mol. The molecule has 182 valence electrons. The van der Waals surface area contributed by atoms with Crippen LogP contribution in [0.3, 0.4) is 0 Å². The van der Waals surface area contributed by atoms with E-state index in [2.05, 4.69) is 27.2 Å². The van der Waals surface area contributed by atoms with Gasteiger partial charge in [-0.05, 0) is 54.3 Å². The van der Waals surface area contributed by atoms with Gasteiger partial charge in [0.05, 0.1) is 0 Å². The summed E-state index contributed by atoms with van der Waals surface area (Å²) < 4.78 is 33.5. The monoisotopic (exact) mass is 480 g/mol. The highest BCUT2D eigenvalue weighted by Crippen LogP contribution is 2.33. The smallest absolute Gasteiger partial charge is 0.302 e. The number of aryl methyl sites for hydroxylation is 1. The fourth-order valence-corrected chi connectivity index (χ4v) is 3.16. The highest BCUT2D eigenvalue weighted by molar-refractivity contribution is 5.96. The molecule has 0 atom stereocenters. The summed E-state index contributed by atoms with van der Waals surface area (Å²) in [4.78, 5) is 32.1. The maximum Gasteiger partial charge on any atom is 0.302 e. The predicted molar refractivity (Wildman–Crippen MR) is 129 cm³/mol. The van der Waals surface area contributed by atoms with E-state index in [0.717, 1.165) is 11.1 Å². The van der Waals surface area contributed by atoms with E-state index in [1.165, 1.54) is 38.4 Å². The molecule has 0 spiro atoms. The molecule has 2 N–H and O–H groups in total. The first kappa shape index (κ1) is 25.5. The van der Waals surface area contributed by atoms with E-state index in [4.69, 9.17) is 4.74 Å². The molecule has 0 aliphatic heterocycles. The zero-order valence-electron chi connectivity index (χ0n) is 19.7. The van der Waals surface area contributed by atoms with E-state index >= 15 is 0 Å². The minimum atomic E-state index is -3.20. The van der Waals surface area contributed by atoms with Crippen LogP contribution in [-0.2, 0) is 11.3 Å². The molecule has 1 aromatic carbocycles. The lowest BCUT2D eigenvalue weighted by atomic mass is 10.0. The van der Waals surface area contributed by atoms with Crippen molar-refractivity contribution in [1.29, 1.82) is 0 Å². The number of halogens is 2. The van der Waals surface area contributed by atoms with E-state index in [9.17, 15) is 18.4 Å². The second-order valence-electron chi connectivity index (χ2n) is 8.08. The molecule has 7 nitrogen and oxygen atoms in total. The van der Waals surface area contributed by atoms with Crippen LogP contribution in [0.2, 0.25) is 0 Å². The third-order valence-electron chi connectivity index (χ3n) is 5.14. The number of rotatable bonds is 9. The number of nitrogens with one attached hydrogen (secondary N) is 2. The van der Waals surface area contributed by atoms with Crippen LogP contribution in [0.1, 0.15) is 35.3 Å². The fraction of sp³-hybridized carbons (Fsp3) is 0.231. The Morgan fingerprint density at radius 3 is 2.51 bits per heavy atom. The lowest BCUT2D eigenvalue weighted by molar-refractivity contribution is -0.114. The minimum absolute atomic E-state index is 0.0596. The molecule has 9 heteroatoms. The van der Waals surface area contributed by atoms with E-state index < -0.39 is 12.5 Å². The van der Waals surface area contributed by atoms with Crippen LogP contribution in [0.15, 0.2) is 67.0 Å². The maximum absolute atomic E-state index is 14.1. The van der Waals surface area contributed by atoms with Gasteiger partial charge >= 0.3 is 5.92 Å². The molecule has 3 aromatic rings. The van der Waals surface area contributed by atoms with Crippen LogP contribution >= 0.6 is 0 Å². The first-order chi connectivity index (χ1) is 16.6. The first-order valence-electron chi connectivity index (χ1n) is 10.8. The van der Waals surface area contributed by atoms with Crippen LogP contribution in [0.25, 0.3) is 11.1 Å². The number of amides is 2. The Morgan fingerprint density at radius 1 is 1.09 bits per heavy atom. The Bertz CT molecular complexity index is 1260. The molecule has 0 aliphatic rings. The number of benzene rings is 1. The number of ether oxygens (including phenoxy) is 1. The third-order valence-corrected chi connectivity index (χ3v) is 5.14. The summed E-state index contributed by atoms with van der Waals surface area (Å²) in [5.74, 6) is -3.55. The Balaban J connectivity index is 1.82. The molecule has 0 saturated carbocycles. The molecule has 2 amide bonds. The molecule has 0 radical (unpaired) electrons. The highest BCUT2D eigenvalue weighted by Gasteiger charge is 2.31. The number of nitrogens with zero attached hydrogens (tertiary/aromatic N) is 2. The van der Waals surface area contributed by atoms with Crippen LogP contribution in [0.5, 0.6) is 5.88 Å². The average molecular weight is 481 g/mol. The zero-order chi connectivity index (χ0) is 25.6. The van der Waals surface area contributed by atoms with Crippen molar-refractivity contribution in [2.75, 3.05) is 11.9 Å². The summed E-state index contributed by atoms with van der Waals surface area (Å²) in [5.41, 5.74) is 2.88. The molecule has 0 fully saturated rings. The second-order valence-corrected chi connectivity index (χ2v) is 8.08. The van der Waals surface area contributed by atoms with Crippen LogP contribution in [-0.4, -0.2) is 34.3 Å². The van der Waals surface area contributed by atoms with Crippen molar-refractivity contribution in [2.24, 2.45) is 0 Å². The first-order valence-corrected chi connectivity index (χ1v) is 10.8. The largest absolute Gasteiger partial charge is 0.470 e. The van der Waals surface area contributed by atoms with Crippen LogP contribution in [0, 0.1) is 6.92 Å². The van der Waals surface area contributed by atoms with Crippen LogP contribution < -0.4 is 15.4 Å². The number of pyridine rings is 2. The molecule has 0 unspecified atom stereocenters. The number of carbonyl (C=O) groups excluding carboxylic acids is 2. The molecule has 0 aliphatic carbocycles. The fourth-order valence-electron chi connectivity index (χ4n) is 3.16. The van der Waals surface area contributed by atoms with E-state index in [1.54, 1.807) is 6.07 Å². The van der Waals surface area contributed by atoms with Gasteiger partial charge in [0.1, 0.15) is 5.82 Å². The van der Waals surface area contributed by atoms with Crippen molar-refractivity contribution >= 4 is 17.6 Å². The summed E-state index contributed by atoms with van der Waals surface area (Å²) in [6.07, 6.45) is 2.89. The summed E-state index contributed by atoms with van der Waals surface area (Å²) in [6.45, 7) is 7.05. The molecular formula is C26H26F2N4O3. The Morgan fingerprint density at radius 2 is 1.83 bits per heavy atom. The number of aromatic nitrogens is 2. The minimum Gasteiger partial charge on any atom is -0.470 e. The summed E-state index contributed by atoms with van der Waals surface area (Å²) in [7, 11) is 0. The number of alkyl halides is 2. The van der Waals surface area contributed by atoms with Gasteiger partial charge < -0.3 is 15.4 Å². The van der Waals surface area contributed by atoms with Crippen molar-refractivity contribution in [3.05, 3.63) is 83.7 Å². The van der Waals surface area contributed by atoms with Gasteiger partial charge in [0.15, 0.2) is 6.61 Å². The zero-order valence-corrected chi connectivity index (χ0v) is 19.7. The quantitative estimate of drug-likeness (QED) is 0.424. The SMILES string of the molecule is C=C(C)C(F)(F)COc1ncc(CNC(=O)c2ccnc(NC(C)=O)c2)cc1-c1ccccc1C. The van der Waals surface area contributed by atoms with Gasteiger partial charge in [0.25, 0.3) is 5.91 Å². The van der Waals surface area contributed by atoms with Crippen molar-refractivity contribution in [3.8, 4) is 17.0 Å². The summed E-state index contributed by atoms with van der Waals surface area (Å²) >= 11 is 0. The van der Waals surface area contributed by atoms with Gasteiger partial charge in [0, 0.05) is 37.0 Å². The van der Waals surface area contributed by atoms with Crippen molar-refractivity contribution in [1.82, 2.24) is 15.3 Å². The molecule has 0 bridgehead atoms. The van der Waals surface area contributed by atoms with Gasteiger partial charge in [0.2, 0.25) is 11.8 Å². The summed E-state index contributed by atoms with van der Waals surface area (Å²) in [5, 5.41) is 5.32. The highest BCUT2D eigenvalue weighted by atomic mass is 19.3. The van der Waals surface area contributed by atoms with Gasteiger partial charge in [-0.3, -0.25) is 9.59 Å². The third kappa shape index (κ3) is 6.69. The van der Waals surface area contributed by atoms with Crippen molar-refractivity contribution in [3.63, 3.8) is 0 Å². The van der Waals surface area contributed by atoms with Crippen molar-refractivity contribution < 1.29 is 23.1 Å². The number of anilines is 1. The number of hydrogen-bond acceptors (Lipinski definition) is 5. The molecule has 2 aromatic heterocycles. The topological polar surface area (TPSA) is 93.2 Å². The molecule has 35 heavy (non-hydrogen) atoms. The number of hydrogen-bond donors (Lipinski definition) is 2. The summed E-state index contributed by atoms with van der Waals surface area (Å²) in [6, 6.07) is 12.2. The Hall–Kier alpha value is -4.14. The van der Waals surface area contributed by atoms with Crippen LogP contribution in [0.4, 0.5) is 14.6 Å². The van der Waals surface area contributed by atoms with E-state index in [-0.39, 0.29) is 35.6 Å². The van der Waals surface area contributed by atoms with Crippen molar-refractivity contribution in [2.45, 2.75) is 33.2 Å². The van der Waals surface area contributed by atoms with Gasteiger partial charge in [-0.15, -0.1) is 0 Å². The predicted octanol–water partition coefficient (Wildman–Crippen LogP) is 4.93. The number of carbonyl (C=O) groups is 2. The van der Waals surface area contributed by atoms with Gasteiger partial charge in [-0.25, -0.2) is 9.97 Å².